The maximum absolute atomic E-state index is 13.0. The van der Waals surface area contributed by atoms with Crippen LogP contribution < -0.4 is 5.43 Å². The largest absolute Gasteiger partial charge is 0.443 e. The number of hydrazine groups is 1. The molecule has 32 heavy (non-hydrogen) atoms. The molecule has 1 N–H and O–H groups in total. The molecule has 164 valence electrons. The summed E-state index contributed by atoms with van der Waals surface area (Å²) in [7, 11) is 0. The number of carbonyl (C=O) groups is 3. The summed E-state index contributed by atoms with van der Waals surface area (Å²) in [4.78, 5) is 37.6. The first-order valence-electron chi connectivity index (χ1n) is 10.0. The van der Waals surface area contributed by atoms with Crippen molar-refractivity contribution in [2.24, 2.45) is 0 Å². The Balaban J connectivity index is 1.78. The minimum absolute atomic E-state index is 0.00270. The first-order chi connectivity index (χ1) is 15.5. The summed E-state index contributed by atoms with van der Waals surface area (Å²) in [6, 6.07) is 26.8. The van der Waals surface area contributed by atoms with Gasteiger partial charge in [0.15, 0.2) is 6.29 Å². The summed E-state index contributed by atoms with van der Waals surface area (Å²) < 4.78 is 10.6. The highest BCUT2D eigenvalue weighted by atomic mass is 16.6. The van der Waals surface area contributed by atoms with Gasteiger partial charge >= 0.3 is 12.2 Å². The minimum Gasteiger partial charge on any atom is -0.443 e. The summed E-state index contributed by atoms with van der Waals surface area (Å²) in [5, 5.41) is 0.853. The van der Waals surface area contributed by atoms with E-state index in [1.54, 1.807) is 54.6 Å². The number of hydrogen-bond donors (Lipinski definition) is 1. The summed E-state index contributed by atoms with van der Waals surface area (Å²) in [5.74, 6) is 0. The van der Waals surface area contributed by atoms with E-state index >= 15 is 0 Å². The predicted molar refractivity (Wildman–Crippen MR) is 118 cm³/mol. The van der Waals surface area contributed by atoms with Gasteiger partial charge in [0, 0.05) is 0 Å². The van der Waals surface area contributed by atoms with Gasteiger partial charge in [-0.05, 0) is 23.6 Å². The summed E-state index contributed by atoms with van der Waals surface area (Å²) >= 11 is 0. The van der Waals surface area contributed by atoms with E-state index in [1.807, 2.05) is 36.4 Å². The number of nitrogens with one attached hydrogen (secondary N) is 1. The van der Waals surface area contributed by atoms with Crippen molar-refractivity contribution in [2.75, 3.05) is 0 Å². The van der Waals surface area contributed by atoms with Gasteiger partial charge in [-0.1, -0.05) is 91.0 Å². The number of carbonyl (C=O) groups excluding carboxylic acids is 3. The first-order valence-corrected chi connectivity index (χ1v) is 10.0. The van der Waals surface area contributed by atoms with Crippen LogP contribution in [0, 0.1) is 0 Å². The second-order valence-corrected chi connectivity index (χ2v) is 7.18. The average molecular weight is 432 g/mol. The lowest BCUT2D eigenvalue weighted by Crippen LogP contribution is -2.58. The Morgan fingerprint density at radius 2 is 1.28 bits per heavy atom. The molecule has 0 heterocycles. The van der Waals surface area contributed by atoms with Crippen LogP contribution >= 0.6 is 0 Å². The highest BCUT2D eigenvalue weighted by molar-refractivity contribution is 5.80. The van der Waals surface area contributed by atoms with E-state index in [9.17, 15) is 14.4 Å². The SMILES string of the molecule is C[C@](C=O)(c1ccccc1)N(NC(=O)OCc1ccccc1)C(=O)OCc1ccccc1. The van der Waals surface area contributed by atoms with Crippen LogP contribution in [0.25, 0.3) is 0 Å². The molecule has 0 fully saturated rings. The normalized spacial score (nSPS) is 12.2. The van der Waals surface area contributed by atoms with Gasteiger partial charge in [0.1, 0.15) is 18.8 Å². The predicted octanol–water partition coefficient (Wildman–Crippen LogP) is 4.58. The fourth-order valence-corrected chi connectivity index (χ4v) is 3.01. The Morgan fingerprint density at radius 3 is 1.78 bits per heavy atom. The zero-order valence-electron chi connectivity index (χ0n) is 17.6. The van der Waals surface area contributed by atoms with Crippen LogP contribution in [-0.2, 0) is 33.0 Å². The molecule has 7 nitrogen and oxygen atoms in total. The van der Waals surface area contributed by atoms with Crippen molar-refractivity contribution in [3.63, 3.8) is 0 Å². The molecule has 0 saturated heterocycles. The van der Waals surface area contributed by atoms with Crippen molar-refractivity contribution in [3.8, 4) is 0 Å². The maximum atomic E-state index is 13.0. The minimum atomic E-state index is -1.53. The van der Waals surface area contributed by atoms with E-state index in [-0.39, 0.29) is 13.2 Å². The van der Waals surface area contributed by atoms with Crippen LogP contribution in [0.5, 0.6) is 0 Å². The molecule has 3 rings (SSSR count). The molecular formula is C25H24N2O5. The van der Waals surface area contributed by atoms with Gasteiger partial charge in [-0.2, -0.15) is 5.01 Å². The Morgan fingerprint density at radius 1 is 0.812 bits per heavy atom. The monoisotopic (exact) mass is 432 g/mol. The molecular weight excluding hydrogens is 408 g/mol. The Hall–Kier alpha value is -4.13. The van der Waals surface area contributed by atoms with E-state index in [1.165, 1.54) is 6.92 Å². The van der Waals surface area contributed by atoms with Gasteiger partial charge in [-0.15, -0.1) is 0 Å². The van der Waals surface area contributed by atoms with Gasteiger partial charge in [0.2, 0.25) is 0 Å². The summed E-state index contributed by atoms with van der Waals surface area (Å²) in [6.45, 7) is 1.49. The van der Waals surface area contributed by atoms with Crippen LogP contribution in [-0.4, -0.2) is 23.5 Å². The van der Waals surface area contributed by atoms with E-state index in [0.29, 0.717) is 11.8 Å². The molecule has 0 aromatic heterocycles. The lowest BCUT2D eigenvalue weighted by Gasteiger charge is -2.35. The molecule has 7 heteroatoms. The molecule has 3 aromatic carbocycles. The fraction of sp³-hybridized carbons (Fsp3) is 0.160. The van der Waals surface area contributed by atoms with E-state index < -0.39 is 17.7 Å². The molecule has 0 bridgehead atoms. The Labute approximate surface area is 186 Å². The molecule has 0 saturated carbocycles. The topological polar surface area (TPSA) is 84.9 Å². The third-order valence-electron chi connectivity index (χ3n) is 4.86. The van der Waals surface area contributed by atoms with Crippen LogP contribution in [0.1, 0.15) is 23.6 Å². The molecule has 0 aliphatic rings. The smallest absolute Gasteiger partial charge is 0.430 e. The Kier molecular flexibility index (Phi) is 7.59. The van der Waals surface area contributed by atoms with Gasteiger partial charge in [0.25, 0.3) is 0 Å². The number of nitrogens with zero attached hydrogens (tertiary/aromatic N) is 1. The van der Waals surface area contributed by atoms with Gasteiger partial charge in [-0.3, -0.25) is 0 Å². The standard InChI is InChI=1S/C25H24N2O5/c1-25(19-28,22-15-9-4-10-16-22)27(24(30)32-18-21-13-7-3-8-14-21)26-23(29)31-17-20-11-5-2-6-12-20/h2-16,19H,17-18H2,1H3,(H,26,29)/t25-/m0/s1. The van der Waals surface area contributed by atoms with Crippen molar-refractivity contribution in [1.29, 1.82) is 0 Å². The zero-order chi connectivity index (χ0) is 22.8. The fourth-order valence-electron chi connectivity index (χ4n) is 3.01. The molecule has 3 aromatic rings. The number of hydrogen-bond acceptors (Lipinski definition) is 5. The zero-order valence-corrected chi connectivity index (χ0v) is 17.6. The van der Waals surface area contributed by atoms with Crippen molar-refractivity contribution < 1.29 is 23.9 Å². The van der Waals surface area contributed by atoms with Crippen LogP contribution in [0.15, 0.2) is 91.0 Å². The second kappa shape index (κ2) is 10.8. The number of ether oxygens (including phenoxy) is 2. The number of aldehydes is 1. The third kappa shape index (κ3) is 5.72. The van der Waals surface area contributed by atoms with Crippen LogP contribution in [0.3, 0.4) is 0 Å². The highest BCUT2D eigenvalue weighted by Crippen LogP contribution is 2.26. The van der Waals surface area contributed by atoms with Gasteiger partial charge in [-0.25, -0.2) is 15.0 Å². The van der Waals surface area contributed by atoms with Crippen molar-refractivity contribution in [2.45, 2.75) is 25.7 Å². The maximum Gasteiger partial charge on any atom is 0.430 e. The molecule has 0 aliphatic heterocycles. The van der Waals surface area contributed by atoms with Crippen molar-refractivity contribution >= 4 is 18.5 Å². The lowest BCUT2D eigenvalue weighted by atomic mass is 9.93. The van der Waals surface area contributed by atoms with Gasteiger partial charge < -0.3 is 14.3 Å². The van der Waals surface area contributed by atoms with E-state index in [0.717, 1.165) is 16.1 Å². The van der Waals surface area contributed by atoms with E-state index in [2.05, 4.69) is 5.43 Å². The van der Waals surface area contributed by atoms with Crippen molar-refractivity contribution in [1.82, 2.24) is 10.4 Å². The van der Waals surface area contributed by atoms with Gasteiger partial charge in [0.05, 0.1) is 0 Å². The summed E-state index contributed by atoms with van der Waals surface area (Å²) in [6.07, 6.45) is -1.22. The van der Waals surface area contributed by atoms with Crippen molar-refractivity contribution in [3.05, 3.63) is 108 Å². The quantitative estimate of drug-likeness (QED) is 0.436. The first kappa shape index (κ1) is 22.6. The molecule has 1 atom stereocenters. The summed E-state index contributed by atoms with van der Waals surface area (Å²) in [5.41, 5.74) is 2.89. The number of benzene rings is 3. The molecule has 0 spiro atoms. The molecule has 0 aliphatic carbocycles. The van der Waals surface area contributed by atoms with E-state index in [4.69, 9.17) is 9.47 Å². The van der Waals surface area contributed by atoms with Crippen LogP contribution in [0.2, 0.25) is 0 Å². The molecule has 0 radical (unpaired) electrons. The molecule has 2 amide bonds. The molecule has 0 unspecified atom stereocenters. The lowest BCUT2D eigenvalue weighted by molar-refractivity contribution is -0.119. The third-order valence-corrected chi connectivity index (χ3v) is 4.86. The second-order valence-electron chi connectivity index (χ2n) is 7.18. The van der Waals surface area contributed by atoms with Crippen LogP contribution in [0.4, 0.5) is 9.59 Å². The highest BCUT2D eigenvalue weighted by Gasteiger charge is 2.40. The number of amides is 2. The average Bonchev–Trinajstić information content (AvgIpc) is 2.86. The number of rotatable bonds is 7. The Bertz CT molecular complexity index is 1030.